The molecule has 37 heavy (non-hydrogen) atoms. The Kier molecular flexibility index (Phi) is 21.0. The van der Waals surface area contributed by atoms with Crippen LogP contribution in [-0.4, -0.2) is 46.9 Å². The number of hydrogen-bond donors (Lipinski definition) is 4. The SMILES string of the molecule is CCCCCCCCCCCCCCCC(CC)SCCCNC(=O)NCCOc1ccc(O)c(O)c1. The monoisotopic (exact) mass is 538 g/mol. The van der Waals surface area contributed by atoms with Crippen LogP contribution in [0.3, 0.4) is 0 Å². The van der Waals surface area contributed by atoms with E-state index < -0.39 is 0 Å². The van der Waals surface area contributed by atoms with Crippen LogP contribution in [0, 0.1) is 0 Å². The standard InChI is InChI=1S/C30H54N2O4S/c1-3-5-6-7-8-9-10-11-12-13-14-15-16-18-27(4-2)37-24-17-21-31-30(35)32-22-23-36-26-19-20-28(33)29(34)25-26/h19-20,25,27,33-34H,3-18,21-24H2,1-2H3,(H2,31,32,35). The van der Waals surface area contributed by atoms with Gasteiger partial charge in [-0.15, -0.1) is 0 Å². The third-order valence-corrected chi connectivity index (χ3v) is 8.21. The lowest BCUT2D eigenvalue weighted by Crippen LogP contribution is -2.38. The summed E-state index contributed by atoms with van der Waals surface area (Å²) in [5, 5.41) is 25.1. The second-order valence-corrected chi connectivity index (χ2v) is 11.4. The van der Waals surface area contributed by atoms with Gasteiger partial charge in [-0.1, -0.05) is 97.3 Å². The van der Waals surface area contributed by atoms with Crippen LogP contribution in [-0.2, 0) is 0 Å². The fourth-order valence-electron chi connectivity index (χ4n) is 4.31. The molecule has 0 radical (unpaired) electrons. The van der Waals surface area contributed by atoms with Crippen LogP contribution in [0.4, 0.5) is 4.79 Å². The normalized spacial score (nSPS) is 11.8. The Bertz CT molecular complexity index is 690. The number of phenolic OH excluding ortho intramolecular Hbond substituents is 2. The first-order valence-electron chi connectivity index (χ1n) is 14.8. The van der Waals surface area contributed by atoms with Crippen LogP contribution in [0.25, 0.3) is 0 Å². The van der Waals surface area contributed by atoms with Gasteiger partial charge in [0.2, 0.25) is 0 Å². The number of aromatic hydroxyl groups is 2. The van der Waals surface area contributed by atoms with Gasteiger partial charge < -0.3 is 25.6 Å². The van der Waals surface area contributed by atoms with Crippen LogP contribution in [0.2, 0.25) is 0 Å². The molecule has 0 aliphatic carbocycles. The second-order valence-electron chi connectivity index (χ2n) is 9.97. The molecule has 0 aromatic heterocycles. The molecule has 0 fully saturated rings. The summed E-state index contributed by atoms with van der Waals surface area (Å²) in [6.07, 6.45) is 21.7. The predicted octanol–water partition coefficient (Wildman–Crippen LogP) is 8.16. The van der Waals surface area contributed by atoms with Gasteiger partial charge in [0.1, 0.15) is 12.4 Å². The lowest BCUT2D eigenvalue weighted by Gasteiger charge is -2.14. The van der Waals surface area contributed by atoms with Crippen LogP contribution in [0.1, 0.15) is 117 Å². The van der Waals surface area contributed by atoms with Crippen molar-refractivity contribution in [2.75, 3.05) is 25.4 Å². The maximum absolute atomic E-state index is 11.9. The Morgan fingerprint density at radius 3 is 2.00 bits per heavy atom. The van der Waals surface area contributed by atoms with Crippen molar-refractivity contribution >= 4 is 17.8 Å². The van der Waals surface area contributed by atoms with Crippen molar-refractivity contribution in [2.45, 2.75) is 122 Å². The van der Waals surface area contributed by atoms with Crippen molar-refractivity contribution in [2.24, 2.45) is 0 Å². The molecule has 1 unspecified atom stereocenters. The van der Waals surface area contributed by atoms with Gasteiger partial charge in [-0.3, -0.25) is 0 Å². The van der Waals surface area contributed by atoms with E-state index in [0.717, 1.165) is 17.4 Å². The van der Waals surface area contributed by atoms with Crippen LogP contribution in [0.15, 0.2) is 18.2 Å². The third-order valence-electron chi connectivity index (χ3n) is 6.65. The number of thioether (sulfide) groups is 1. The summed E-state index contributed by atoms with van der Waals surface area (Å²) in [7, 11) is 0. The van der Waals surface area contributed by atoms with Gasteiger partial charge >= 0.3 is 6.03 Å². The molecule has 6 nitrogen and oxygen atoms in total. The van der Waals surface area contributed by atoms with Gasteiger partial charge in [-0.2, -0.15) is 11.8 Å². The van der Waals surface area contributed by atoms with Crippen LogP contribution < -0.4 is 15.4 Å². The number of unbranched alkanes of at least 4 members (excludes halogenated alkanes) is 12. The third kappa shape index (κ3) is 19.0. The lowest BCUT2D eigenvalue weighted by molar-refractivity contribution is 0.236. The first kappa shape index (κ1) is 33.3. The van der Waals surface area contributed by atoms with Gasteiger partial charge in [0, 0.05) is 17.9 Å². The van der Waals surface area contributed by atoms with Crippen molar-refractivity contribution in [3.05, 3.63) is 18.2 Å². The first-order valence-corrected chi connectivity index (χ1v) is 15.9. The molecular weight excluding hydrogens is 484 g/mol. The molecule has 0 heterocycles. The fraction of sp³-hybridized carbons (Fsp3) is 0.767. The molecule has 0 saturated heterocycles. The number of urea groups is 1. The number of nitrogens with one attached hydrogen (secondary N) is 2. The molecule has 0 spiro atoms. The summed E-state index contributed by atoms with van der Waals surface area (Å²) in [5.74, 6) is 1.10. The van der Waals surface area contributed by atoms with Gasteiger partial charge in [-0.05, 0) is 37.1 Å². The van der Waals surface area contributed by atoms with E-state index in [1.807, 2.05) is 11.8 Å². The summed E-state index contributed by atoms with van der Waals surface area (Å²) in [6.45, 7) is 5.88. The average molecular weight is 539 g/mol. The van der Waals surface area contributed by atoms with E-state index in [-0.39, 0.29) is 24.1 Å². The molecular formula is C30H54N2O4S. The molecule has 1 rings (SSSR count). The summed E-state index contributed by atoms with van der Waals surface area (Å²) >= 11 is 2.05. The Hall–Kier alpha value is -1.76. The lowest BCUT2D eigenvalue weighted by atomic mass is 10.0. The molecule has 7 heteroatoms. The molecule has 0 bridgehead atoms. The molecule has 0 saturated carbocycles. The summed E-state index contributed by atoms with van der Waals surface area (Å²) < 4.78 is 5.44. The highest BCUT2D eigenvalue weighted by Gasteiger charge is 2.07. The number of hydrogen-bond acceptors (Lipinski definition) is 5. The Balaban J connectivity index is 1.89. The van der Waals surface area contributed by atoms with Gasteiger partial charge in [0.15, 0.2) is 11.5 Å². The van der Waals surface area contributed by atoms with E-state index in [2.05, 4.69) is 24.5 Å². The first-order chi connectivity index (χ1) is 18.1. The molecule has 1 aromatic carbocycles. The molecule has 0 aliphatic rings. The highest BCUT2D eigenvalue weighted by Crippen LogP contribution is 2.28. The molecule has 4 N–H and O–H groups in total. The second kappa shape index (κ2) is 23.4. The van der Waals surface area contributed by atoms with Crippen molar-refractivity contribution < 1.29 is 19.7 Å². The maximum atomic E-state index is 11.9. The summed E-state index contributed by atoms with van der Waals surface area (Å²) in [5.41, 5.74) is 0. The largest absolute Gasteiger partial charge is 0.504 e. The van der Waals surface area contributed by atoms with Crippen molar-refractivity contribution in [3.8, 4) is 17.2 Å². The van der Waals surface area contributed by atoms with Crippen molar-refractivity contribution in [3.63, 3.8) is 0 Å². The van der Waals surface area contributed by atoms with E-state index in [1.165, 1.54) is 108 Å². The molecule has 1 aromatic rings. The number of ether oxygens (including phenoxy) is 1. The van der Waals surface area contributed by atoms with Crippen molar-refractivity contribution in [1.82, 2.24) is 10.6 Å². The van der Waals surface area contributed by atoms with E-state index in [4.69, 9.17) is 4.74 Å². The molecule has 214 valence electrons. The molecule has 0 aliphatic heterocycles. The zero-order valence-electron chi connectivity index (χ0n) is 23.6. The van der Waals surface area contributed by atoms with Gasteiger partial charge in [0.05, 0.1) is 6.54 Å². The Morgan fingerprint density at radius 2 is 1.41 bits per heavy atom. The minimum Gasteiger partial charge on any atom is -0.504 e. The maximum Gasteiger partial charge on any atom is 0.314 e. The van der Waals surface area contributed by atoms with Gasteiger partial charge in [-0.25, -0.2) is 4.79 Å². The zero-order chi connectivity index (χ0) is 27.0. The minimum atomic E-state index is -0.226. The Labute approximate surface area is 230 Å². The fourth-order valence-corrected chi connectivity index (χ4v) is 5.52. The van der Waals surface area contributed by atoms with Gasteiger partial charge in [0.25, 0.3) is 0 Å². The smallest absolute Gasteiger partial charge is 0.314 e. The molecule has 2 amide bonds. The van der Waals surface area contributed by atoms with Crippen LogP contribution >= 0.6 is 11.8 Å². The number of amides is 2. The number of carbonyl (C=O) groups excluding carboxylic acids is 1. The average Bonchev–Trinajstić information content (AvgIpc) is 2.89. The summed E-state index contributed by atoms with van der Waals surface area (Å²) in [4.78, 5) is 11.9. The Morgan fingerprint density at radius 1 is 0.811 bits per heavy atom. The van der Waals surface area contributed by atoms with Crippen LogP contribution in [0.5, 0.6) is 17.2 Å². The quantitative estimate of drug-likeness (QED) is 0.0787. The van der Waals surface area contributed by atoms with E-state index in [9.17, 15) is 15.0 Å². The highest BCUT2D eigenvalue weighted by molar-refractivity contribution is 7.99. The van der Waals surface area contributed by atoms with E-state index in [0.29, 0.717) is 18.8 Å². The summed E-state index contributed by atoms with van der Waals surface area (Å²) in [6, 6.07) is 4.08. The highest BCUT2D eigenvalue weighted by atomic mass is 32.2. The van der Waals surface area contributed by atoms with E-state index >= 15 is 0 Å². The van der Waals surface area contributed by atoms with Crippen molar-refractivity contribution in [1.29, 1.82) is 0 Å². The number of benzene rings is 1. The number of carbonyl (C=O) groups is 1. The predicted molar refractivity (Wildman–Crippen MR) is 158 cm³/mol. The van der Waals surface area contributed by atoms with E-state index in [1.54, 1.807) is 6.07 Å². The topological polar surface area (TPSA) is 90.8 Å². The number of rotatable bonds is 24. The number of phenols is 2. The molecule has 1 atom stereocenters. The zero-order valence-corrected chi connectivity index (χ0v) is 24.4. The minimum absolute atomic E-state index is 0.187.